The van der Waals surface area contributed by atoms with Crippen LogP contribution in [0.25, 0.3) is 0 Å². The van der Waals surface area contributed by atoms with E-state index in [4.69, 9.17) is 14.2 Å². The van der Waals surface area contributed by atoms with Gasteiger partial charge in [0.15, 0.2) is 6.29 Å². The Balaban J connectivity index is 1.46. The molecule has 4 aromatic carbocycles. The average Bonchev–Trinajstić information content (AvgIpc) is 2.91. The third-order valence-electron chi connectivity index (χ3n) is 5.87. The van der Waals surface area contributed by atoms with E-state index in [1.54, 1.807) is 42.5 Å². The molecular formula is C30H25F5O4. The SMILES string of the molecule is Oc1ccc(Oc2ccccc2CCC(OCc2ccccc2F)OCc2ccc(C(F)(F)F)cc2F)cc1. The molecule has 0 bridgehead atoms. The van der Waals surface area contributed by atoms with Gasteiger partial charge >= 0.3 is 6.18 Å². The molecule has 0 aliphatic heterocycles. The fraction of sp³-hybridized carbons (Fsp3) is 0.200. The smallest absolute Gasteiger partial charge is 0.416 e. The standard InChI is InChI=1S/C30H25F5O4/c31-26-7-3-1-6-21(26)18-37-29(38-19-22-9-11-23(17-27(22)32)30(33,34)35)16-10-20-5-2-4-8-28(20)39-25-14-12-24(36)13-15-25/h1-9,11-15,17,29,36H,10,16,18-19H2. The molecule has 0 aromatic heterocycles. The molecule has 1 N–H and O–H groups in total. The van der Waals surface area contributed by atoms with Gasteiger partial charge in [0.05, 0.1) is 18.8 Å². The summed E-state index contributed by atoms with van der Waals surface area (Å²) in [5.74, 6) is -0.332. The number of benzene rings is 4. The van der Waals surface area contributed by atoms with Crippen molar-refractivity contribution < 1.29 is 41.3 Å². The average molecular weight is 545 g/mol. The Kier molecular flexibility index (Phi) is 9.16. The van der Waals surface area contributed by atoms with E-state index in [-0.39, 0.29) is 30.9 Å². The van der Waals surface area contributed by atoms with Crippen LogP contribution in [-0.2, 0) is 35.3 Å². The molecule has 0 saturated carbocycles. The number of hydrogen-bond donors (Lipinski definition) is 1. The number of rotatable bonds is 11. The van der Waals surface area contributed by atoms with Crippen LogP contribution in [0.3, 0.4) is 0 Å². The molecule has 0 spiro atoms. The number of phenolic OH excluding ortho intramolecular Hbond substituents is 1. The van der Waals surface area contributed by atoms with Crippen LogP contribution in [0.15, 0.2) is 91.0 Å². The number of ether oxygens (including phenoxy) is 3. The number of alkyl halides is 3. The first-order valence-corrected chi connectivity index (χ1v) is 12.1. The Morgan fingerprint density at radius 1 is 0.692 bits per heavy atom. The zero-order valence-corrected chi connectivity index (χ0v) is 20.6. The van der Waals surface area contributed by atoms with E-state index in [2.05, 4.69) is 0 Å². The van der Waals surface area contributed by atoms with Crippen molar-refractivity contribution in [1.82, 2.24) is 0 Å². The lowest BCUT2D eigenvalue weighted by atomic mass is 10.1. The molecule has 0 heterocycles. The molecule has 1 atom stereocenters. The van der Waals surface area contributed by atoms with Gasteiger partial charge in [0.25, 0.3) is 0 Å². The molecule has 4 rings (SSSR count). The Labute approximate surface area is 222 Å². The summed E-state index contributed by atoms with van der Waals surface area (Å²) in [6, 6.07) is 21.8. The van der Waals surface area contributed by atoms with E-state index in [0.717, 1.165) is 17.7 Å². The lowest BCUT2D eigenvalue weighted by molar-refractivity contribution is -0.160. The van der Waals surface area contributed by atoms with Crippen LogP contribution in [0.4, 0.5) is 22.0 Å². The van der Waals surface area contributed by atoms with Crippen LogP contribution >= 0.6 is 0 Å². The largest absolute Gasteiger partial charge is 0.508 e. The Bertz CT molecular complexity index is 1370. The number of aryl methyl sites for hydroxylation is 1. The fourth-order valence-electron chi connectivity index (χ4n) is 3.76. The van der Waals surface area contributed by atoms with E-state index in [9.17, 15) is 27.1 Å². The first kappa shape index (κ1) is 28.1. The quantitative estimate of drug-likeness (QED) is 0.153. The molecular weight excluding hydrogens is 519 g/mol. The number of para-hydroxylation sites is 1. The Hall–Kier alpha value is -3.95. The van der Waals surface area contributed by atoms with Crippen LogP contribution in [-0.4, -0.2) is 11.4 Å². The maximum atomic E-state index is 14.4. The van der Waals surface area contributed by atoms with Crippen molar-refractivity contribution in [2.75, 3.05) is 0 Å². The monoisotopic (exact) mass is 544 g/mol. The van der Waals surface area contributed by atoms with Crippen molar-refractivity contribution in [1.29, 1.82) is 0 Å². The molecule has 0 aliphatic rings. The highest BCUT2D eigenvalue weighted by Crippen LogP contribution is 2.31. The maximum Gasteiger partial charge on any atom is 0.416 e. The maximum absolute atomic E-state index is 14.4. The van der Waals surface area contributed by atoms with E-state index in [1.807, 2.05) is 12.1 Å². The normalized spacial score (nSPS) is 12.3. The molecule has 39 heavy (non-hydrogen) atoms. The first-order chi connectivity index (χ1) is 18.7. The van der Waals surface area contributed by atoms with Crippen molar-refractivity contribution in [3.05, 3.63) is 125 Å². The lowest BCUT2D eigenvalue weighted by Crippen LogP contribution is -2.19. The third-order valence-corrected chi connectivity index (χ3v) is 5.87. The predicted octanol–water partition coefficient (Wildman–Crippen LogP) is 8.17. The summed E-state index contributed by atoms with van der Waals surface area (Å²) in [6.07, 6.45) is -4.95. The zero-order chi connectivity index (χ0) is 27.8. The molecule has 0 aliphatic carbocycles. The highest BCUT2D eigenvalue weighted by molar-refractivity contribution is 5.39. The molecule has 4 nitrogen and oxygen atoms in total. The first-order valence-electron chi connectivity index (χ1n) is 12.1. The molecule has 0 radical (unpaired) electrons. The summed E-state index contributed by atoms with van der Waals surface area (Å²) in [5.41, 5.74) is -0.0721. The minimum absolute atomic E-state index is 0.0708. The van der Waals surface area contributed by atoms with Gasteiger partial charge in [-0.15, -0.1) is 0 Å². The molecule has 0 amide bonds. The van der Waals surface area contributed by atoms with Gasteiger partial charge in [-0.2, -0.15) is 13.2 Å². The second-order valence-corrected chi connectivity index (χ2v) is 8.69. The molecule has 1 unspecified atom stereocenters. The number of aromatic hydroxyl groups is 1. The third kappa shape index (κ3) is 8.02. The predicted molar refractivity (Wildman–Crippen MR) is 134 cm³/mol. The van der Waals surface area contributed by atoms with Crippen LogP contribution in [0.2, 0.25) is 0 Å². The fourth-order valence-corrected chi connectivity index (χ4v) is 3.76. The van der Waals surface area contributed by atoms with Crippen LogP contribution in [0, 0.1) is 11.6 Å². The van der Waals surface area contributed by atoms with E-state index in [1.165, 1.54) is 18.2 Å². The van der Waals surface area contributed by atoms with Crippen molar-refractivity contribution in [2.24, 2.45) is 0 Å². The highest BCUT2D eigenvalue weighted by Gasteiger charge is 2.31. The highest BCUT2D eigenvalue weighted by atomic mass is 19.4. The summed E-state index contributed by atoms with van der Waals surface area (Å²) in [4.78, 5) is 0. The number of phenols is 1. The molecule has 4 aromatic rings. The van der Waals surface area contributed by atoms with Gasteiger partial charge in [-0.1, -0.05) is 42.5 Å². The van der Waals surface area contributed by atoms with Gasteiger partial charge in [0, 0.05) is 17.5 Å². The second-order valence-electron chi connectivity index (χ2n) is 8.69. The summed E-state index contributed by atoms with van der Waals surface area (Å²) < 4.78 is 84.7. The summed E-state index contributed by atoms with van der Waals surface area (Å²) >= 11 is 0. The summed E-state index contributed by atoms with van der Waals surface area (Å²) in [7, 11) is 0. The Morgan fingerprint density at radius 2 is 1.31 bits per heavy atom. The molecule has 9 heteroatoms. The molecule has 204 valence electrons. The second kappa shape index (κ2) is 12.7. The van der Waals surface area contributed by atoms with E-state index >= 15 is 0 Å². The van der Waals surface area contributed by atoms with Gasteiger partial charge < -0.3 is 19.3 Å². The number of halogens is 5. The lowest BCUT2D eigenvalue weighted by Gasteiger charge is -2.20. The van der Waals surface area contributed by atoms with Gasteiger partial charge in [0.2, 0.25) is 0 Å². The summed E-state index contributed by atoms with van der Waals surface area (Å²) in [6.45, 7) is -0.476. The van der Waals surface area contributed by atoms with Gasteiger partial charge in [0.1, 0.15) is 28.9 Å². The van der Waals surface area contributed by atoms with Crippen LogP contribution < -0.4 is 4.74 Å². The minimum Gasteiger partial charge on any atom is -0.508 e. The van der Waals surface area contributed by atoms with Gasteiger partial charge in [-0.05, 0) is 60.5 Å². The van der Waals surface area contributed by atoms with E-state index in [0.29, 0.717) is 29.5 Å². The molecule has 0 fully saturated rings. The Morgan fingerprint density at radius 3 is 1.95 bits per heavy atom. The van der Waals surface area contributed by atoms with Crippen molar-refractivity contribution in [3.63, 3.8) is 0 Å². The van der Waals surface area contributed by atoms with Crippen molar-refractivity contribution >= 4 is 0 Å². The van der Waals surface area contributed by atoms with Gasteiger partial charge in [-0.25, -0.2) is 8.78 Å². The zero-order valence-electron chi connectivity index (χ0n) is 20.6. The minimum atomic E-state index is -4.67. The van der Waals surface area contributed by atoms with Gasteiger partial charge in [-0.3, -0.25) is 0 Å². The van der Waals surface area contributed by atoms with E-state index < -0.39 is 29.7 Å². The topological polar surface area (TPSA) is 47.9 Å². The van der Waals surface area contributed by atoms with Crippen LogP contribution in [0.5, 0.6) is 17.2 Å². The van der Waals surface area contributed by atoms with Crippen LogP contribution in [0.1, 0.15) is 28.7 Å². The van der Waals surface area contributed by atoms with Crippen molar-refractivity contribution in [3.8, 4) is 17.2 Å². The molecule has 0 saturated heterocycles. The summed E-state index contributed by atoms with van der Waals surface area (Å²) in [5, 5.41) is 9.49. The number of hydrogen-bond acceptors (Lipinski definition) is 4. The van der Waals surface area contributed by atoms with Crippen molar-refractivity contribution in [2.45, 2.75) is 38.5 Å².